The number of H-pyrrole nitrogens is 1. The highest BCUT2D eigenvalue weighted by Crippen LogP contribution is 2.08. The Balaban J connectivity index is 3.30. The van der Waals surface area contributed by atoms with Gasteiger partial charge in [0.05, 0.1) is 22.3 Å². The monoisotopic (exact) mass is 223 g/mol. The molecule has 6 nitrogen and oxygen atoms in total. The van der Waals surface area contributed by atoms with Crippen molar-refractivity contribution < 1.29 is 12.6 Å². The van der Waals surface area contributed by atoms with E-state index >= 15 is 0 Å². The molecule has 0 aromatic carbocycles. The largest absolute Gasteiger partial charge is 0.334 e. The maximum absolute atomic E-state index is 11.3. The molecule has 0 bridgehead atoms. The lowest BCUT2D eigenvalue weighted by molar-refractivity contribution is 0.595. The van der Waals surface area contributed by atoms with Gasteiger partial charge < -0.3 is 4.98 Å². The molecule has 0 saturated carbocycles. The van der Waals surface area contributed by atoms with E-state index in [1.165, 1.54) is 18.8 Å². The smallest absolute Gasteiger partial charge is 0.307 e. The molecule has 1 aromatic rings. The van der Waals surface area contributed by atoms with E-state index in [9.17, 15) is 12.6 Å². The summed E-state index contributed by atoms with van der Waals surface area (Å²) in [4.78, 5) is 5.91. The fourth-order valence-corrected chi connectivity index (χ4v) is 3.27. The third kappa shape index (κ3) is 2.81. The molecule has 0 aliphatic carbocycles. The molecule has 1 aromatic heterocycles. The normalized spacial score (nSPS) is 12.8. The standard InChI is InChI=1S/C5H9N3O3S2/c1-12(2,9)8-13(10,11)5-3-6-4-7-5/h3-4H,1-2H3,(H,6,7). The first kappa shape index (κ1) is 10.2. The molecule has 0 aliphatic rings. The number of sulfonamides is 1. The summed E-state index contributed by atoms with van der Waals surface area (Å²) < 4.78 is 36.9. The van der Waals surface area contributed by atoms with Crippen molar-refractivity contribution in [3.8, 4) is 0 Å². The molecule has 8 heteroatoms. The Morgan fingerprint density at radius 3 is 2.38 bits per heavy atom. The molecule has 0 fully saturated rings. The summed E-state index contributed by atoms with van der Waals surface area (Å²) in [5.74, 6) is 0. The zero-order valence-corrected chi connectivity index (χ0v) is 8.72. The maximum atomic E-state index is 11.3. The summed E-state index contributed by atoms with van der Waals surface area (Å²) in [6.45, 7) is 0. The molecule has 0 radical (unpaired) electrons. The Morgan fingerprint density at radius 2 is 2.00 bits per heavy atom. The van der Waals surface area contributed by atoms with Crippen molar-refractivity contribution in [1.82, 2.24) is 9.97 Å². The van der Waals surface area contributed by atoms with Crippen LogP contribution < -0.4 is 0 Å². The topological polar surface area (TPSA) is 92.2 Å². The Labute approximate surface area is 76.6 Å². The first-order valence-corrected chi connectivity index (χ1v) is 7.00. The van der Waals surface area contributed by atoms with E-state index in [0.29, 0.717) is 0 Å². The third-order valence-electron chi connectivity index (χ3n) is 1.03. The molecule has 13 heavy (non-hydrogen) atoms. The minimum Gasteiger partial charge on any atom is -0.334 e. The number of nitrogens with zero attached hydrogens (tertiary/aromatic N) is 2. The summed E-state index contributed by atoms with van der Waals surface area (Å²) in [5, 5.41) is -0.149. The van der Waals surface area contributed by atoms with Crippen molar-refractivity contribution in [1.29, 1.82) is 0 Å². The van der Waals surface area contributed by atoms with E-state index in [0.717, 1.165) is 6.20 Å². The molecule has 0 atom stereocenters. The Hall–Kier alpha value is -0.890. The van der Waals surface area contributed by atoms with Crippen molar-refractivity contribution in [3.63, 3.8) is 0 Å². The molecule has 0 aliphatic heterocycles. The van der Waals surface area contributed by atoms with E-state index in [1.54, 1.807) is 0 Å². The van der Waals surface area contributed by atoms with Gasteiger partial charge in [0, 0.05) is 12.5 Å². The second kappa shape index (κ2) is 3.11. The number of imidazole rings is 1. The fourth-order valence-electron chi connectivity index (χ4n) is 0.661. The Morgan fingerprint density at radius 1 is 1.38 bits per heavy atom. The molecule has 74 valence electrons. The Kier molecular flexibility index (Phi) is 2.44. The molecule has 1 heterocycles. The van der Waals surface area contributed by atoms with Gasteiger partial charge in [-0.25, -0.2) is 9.19 Å². The van der Waals surface area contributed by atoms with Crippen LogP contribution in [0, 0.1) is 0 Å². The summed E-state index contributed by atoms with van der Waals surface area (Å²) >= 11 is 0. The van der Waals surface area contributed by atoms with Crippen LogP contribution in [0.25, 0.3) is 0 Å². The summed E-state index contributed by atoms with van der Waals surface area (Å²) in [6, 6.07) is 0. The van der Waals surface area contributed by atoms with Crippen LogP contribution in [0.3, 0.4) is 0 Å². The first-order valence-electron chi connectivity index (χ1n) is 3.23. The highest BCUT2D eigenvalue weighted by Gasteiger charge is 2.15. The van der Waals surface area contributed by atoms with Crippen LogP contribution in [0.1, 0.15) is 0 Å². The average molecular weight is 223 g/mol. The van der Waals surface area contributed by atoms with Crippen LogP contribution in [-0.2, 0) is 19.8 Å². The van der Waals surface area contributed by atoms with Gasteiger partial charge >= 0.3 is 10.0 Å². The first-order chi connectivity index (χ1) is 5.81. The van der Waals surface area contributed by atoms with Gasteiger partial charge in [-0.3, -0.25) is 0 Å². The second-order valence-corrected chi connectivity index (χ2v) is 7.00. The quantitative estimate of drug-likeness (QED) is 0.753. The molecule has 1 N–H and O–H groups in total. The van der Waals surface area contributed by atoms with E-state index in [-0.39, 0.29) is 5.03 Å². The van der Waals surface area contributed by atoms with Crippen molar-refractivity contribution in [2.24, 2.45) is 3.77 Å². The fraction of sp³-hybridized carbons (Fsp3) is 0.400. The van der Waals surface area contributed by atoms with E-state index in [1.807, 2.05) is 0 Å². The lowest BCUT2D eigenvalue weighted by Gasteiger charge is -1.95. The van der Waals surface area contributed by atoms with Crippen molar-refractivity contribution >= 4 is 19.8 Å². The zero-order valence-electron chi connectivity index (χ0n) is 7.09. The highest BCUT2D eigenvalue weighted by molar-refractivity contribution is 8.02. The Bertz CT molecular complexity index is 485. The van der Waals surface area contributed by atoms with Gasteiger partial charge in [-0.1, -0.05) is 0 Å². The summed E-state index contributed by atoms with van der Waals surface area (Å²) in [7, 11) is -6.51. The minimum absolute atomic E-state index is 0.149. The van der Waals surface area contributed by atoms with Gasteiger partial charge in [0.2, 0.25) is 0 Å². The van der Waals surface area contributed by atoms with Gasteiger partial charge in [0.1, 0.15) is 0 Å². The molecular formula is C5H9N3O3S2. The molecule has 1 rings (SSSR count). The van der Waals surface area contributed by atoms with Crippen molar-refractivity contribution in [2.75, 3.05) is 12.5 Å². The SMILES string of the molecule is CS(C)(=O)=NS(=O)(=O)c1cnc[nH]1. The van der Waals surface area contributed by atoms with Crippen LogP contribution in [-0.4, -0.2) is 35.1 Å². The van der Waals surface area contributed by atoms with Gasteiger partial charge in [0.15, 0.2) is 5.03 Å². The number of rotatable bonds is 2. The summed E-state index contributed by atoms with van der Waals surface area (Å²) in [6.07, 6.45) is 4.83. The molecule has 0 amide bonds. The number of nitrogens with one attached hydrogen (secondary N) is 1. The molecule has 0 saturated heterocycles. The zero-order chi connectivity index (χ0) is 10.1. The minimum atomic E-state index is -3.84. The predicted molar refractivity (Wildman–Crippen MR) is 48.2 cm³/mol. The molecular weight excluding hydrogens is 214 g/mol. The summed E-state index contributed by atoms with van der Waals surface area (Å²) in [5.41, 5.74) is 0. The average Bonchev–Trinajstić information content (AvgIpc) is 2.29. The number of aromatic nitrogens is 2. The van der Waals surface area contributed by atoms with Gasteiger partial charge in [0.25, 0.3) is 0 Å². The number of hydrogen-bond donors (Lipinski definition) is 1. The number of aromatic amines is 1. The van der Waals surface area contributed by atoms with E-state index < -0.39 is 19.8 Å². The van der Waals surface area contributed by atoms with E-state index in [2.05, 4.69) is 13.7 Å². The third-order valence-corrected chi connectivity index (χ3v) is 4.03. The van der Waals surface area contributed by atoms with E-state index in [4.69, 9.17) is 0 Å². The lowest BCUT2D eigenvalue weighted by Crippen LogP contribution is -2.02. The van der Waals surface area contributed by atoms with Crippen LogP contribution >= 0.6 is 0 Å². The van der Waals surface area contributed by atoms with Crippen LogP contribution in [0.2, 0.25) is 0 Å². The van der Waals surface area contributed by atoms with Crippen LogP contribution in [0.5, 0.6) is 0 Å². The second-order valence-electron chi connectivity index (χ2n) is 2.65. The predicted octanol–water partition coefficient (Wildman–Crippen LogP) is -0.174. The van der Waals surface area contributed by atoms with Crippen molar-refractivity contribution in [2.45, 2.75) is 5.03 Å². The molecule has 0 unspecified atom stereocenters. The highest BCUT2D eigenvalue weighted by atomic mass is 32.3. The van der Waals surface area contributed by atoms with Crippen LogP contribution in [0.4, 0.5) is 0 Å². The van der Waals surface area contributed by atoms with Crippen LogP contribution in [0.15, 0.2) is 21.3 Å². The lowest BCUT2D eigenvalue weighted by atomic mass is 11.0. The maximum Gasteiger partial charge on any atom is 0.307 e. The van der Waals surface area contributed by atoms with Crippen molar-refractivity contribution in [3.05, 3.63) is 12.5 Å². The van der Waals surface area contributed by atoms with Gasteiger partial charge in [-0.15, -0.1) is 3.77 Å². The molecule has 0 spiro atoms. The number of hydrogen-bond acceptors (Lipinski definition) is 4. The van der Waals surface area contributed by atoms with Gasteiger partial charge in [-0.05, 0) is 0 Å². The van der Waals surface area contributed by atoms with Gasteiger partial charge in [-0.2, -0.15) is 8.42 Å².